The largest absolute Gasteiger partial charge is 0.395 e. The Morgan fingerprint density at radius 3 is 2.39 bits per heavy atom. The molecule has 0 unspecified atom stereocenters. The summed E-state index contributed by atoms with van der Waals surface area (Å²) in [6.07, 6.45) is 0.416. The van der Waals surface area contributed by atoms with Gasteiger partial charge in [0.1, 0.15) is 10.6 Å². The van der Waals surface area contributed by atoms with Crippen LogP contribution in [0.2, 0.25) is 5.02 Å². The number of amides is 2. The van der Waals surface area contributed by atoms with Crippen LogP contribution in [0.15, 0.2) is 59.5 Å². The molecule has 2 heterocycles. The maximum absolute atomic E-state index is 13.9. The summed E-state index contributed by atoms with van der Waals surface area (Å²) >= 11 is 5.98. The molecule has 5 N–H and O–H groups in total. The van der Waals surface area contributed by atoms with Gasteiger partial charge in [0.25, 0.3) is 0 Å². The molecule has 1 aliphatic rings. The van der Waals surface area contributed by atoms with Crippen LogP contribution in [0.5, 0.6) is 0 Å². The highest BCUT2D eigenvalue weighted by Gasteiger charge is 2.49. The lowest BCUT2D eigenvalue weighted by Crippen LogP contribution is -2.42. The van der Waals surface area contributed by atoms with Gasteiger partial charge < -0.3 is 26.2 Å². The number of hydrogen-bond donors (Lipinski definition) is 4. The summed E-state index contributed by atoms with van der Waals surface area (Å²) in [5.41, 5.74) is 7.54. The SMILES string of the molecule is Nc1cc(C2(S(=O)(=O)c3ccc(Cl)cc3)CCOCC2)nc(-c2ccc(NC(=O)NCCO)cc2)n1. The van der Waals surface area contributed by atoms with Gasteiger partial charge in [0, 0.05) is 42.1 Å². The molecule has 2 amide bonds. The fraction of sp³-hybridized carbons (Fsp3) is 0.292. The van der Waals surface area contributed by atoms with Crippen molar-refractivity contribution in [1.82, 2.24) is 15.3 Å². The molecule has 4 rings (SSSR count). The van der Waals surface area contributed by atoms with E-state index < -0.39 is 20.6 Å². The summed E-state index contributed by atoms with van der Waals surface area (Å²) in [7, 11) is -3.89. The van der Waals surface area contributed by atoms with Crippen LogP contribution in [0.3, 0.4) is 0 Å². The molecule has 0 atom stereocenters. The minimum atomic E-state index is -3.89. The van der Waals surface area contributed by atoms with Crippen LogP contribution < -0.4 is 16.4 Å². The van der Waals surface area contributed by atoms with Gasteiger partial charge in [0.15, 0.2) is 15.7 Å². The number of benzene rings is 2. The number of urea groups is 1. The number of nitrogen functional groups attached to an aromatic ring is 1. The van der Waals surface area contributed by atoms with Crippen LogP contribution in [-0.2, 0) is 19.3 Å². The number of nitrogens with two attached hydrogens (primary N) is 1. The van der Waals surface area contributed by atoms with E-state index in [9.17, 15) is 13.2 Å². The van der Waals surface area contributed by atoms with Crippen LogP contribution in [0.4, 0.5) is 16.3 Å². The van der Waals surface area contributed by atoms with Crippen molar-refractivity contribution >= 4 is 39.0 Å². The van der Waals surface area contributed by atoms with E-state index in [1.807, 2.05) is 0 Å². The molecule has 1 aliphatic heterocycles. The van der Waals surface area contributed by atoms with E-state index in [4.69, 9.17) is 27.2 Å². The topological polar surface area (TPSA) is 157 Å². The minimum Gasteiger partial charge on any atom is -0.395 e. The molecule has 10 nitrogen and oxygen atoms in total. The Bertz CT molecular complexity index is 1330. The smallest absolute Gasteiger partial charge is 0.319 e. The molecule has 0 bridgehead atoms. The molecule has 12 heteroatoms. The number of carbonyl (C=O) groups is 1. The summed E-state index contributed by atoms with van der Waals surface area (Å²) in [5, 5.41) is 14.4. The van der Waals surface area contributed by atoms with Crippen LogP contribution in [0, 0.1) is 0 Å². The van der Waals surface area contributed by atoms with Crippen LogP contribution in [0.1, 0.15) is 18.5 Å². The summed E-state index contributed by atoms with van der Waals surface area (Å²) in [6.45, 7) is 0.480. The standard InChI is InChI=1S/C24H26ClN5O5S/c25-17-3-7-19(8-4-17)36(33,34)24(9-13-35-14-10-24)20-15-21(26)30-22(29-20)16-1-5-18(6-2-16)28-23(32)27-11-12-31/h1-8,15,31H,9-14H2,(H2,26,29,30)(H2,27,28,32). The van der Waals surface area contributed by atoms with Gasteiger partial charge in [-0.15, -0.1) is 0 Å². The zero-order valence-corrected chi connectivity index (χ0v) is 20.8. The number of nitrogens with one attached hydrogen (secondary N) is 2. The summed E-state index contributed by atoms with van der Waals surface area (Å²) in [5.74, 6) is 0.399. The molecule has 1 saturated heterocycles. The molecule has 2 aromatic carbocycles. The summed E-state index contributed by atoms with van der Waals surface area (Å²) < 4.78 is 32.0. The quantitative estimate of drug-likeness (QED) is 0.362. The number of carbonyl (C=O) groups excluding carboxylic acids is 1. The van der Waals surface area contributed by atoms with Crippen LogP contribution in [-0.4, -0.2) is 55.9 Å². The number of anilines is 2. The van der Waals surface area contributed by atoms with E-state index >= 15 is 0 Å². The average Bonchev–Trinajstić information content (AvgIpc) is 2.88. The van der Waals surface area contributed by atoms with Crippen molar-refractivity contribution in [2.45, 2.75) is 22.5 Å². The number of aliphatic hydroxyl groups is 1. The minimum absolute atomic E-state index is 0.134. The lowest BCUT2D eigenvalue weighted by Gasteiger charge is -2.36. The lowest BCUT2D eigenvalue weighted by molar-refractivity contribution is 0.0730. The predicted molar refractivity (Wildman–Crippen MR) is 136 cm³/mol. The van der Waals surface area contributed by atoms with Gasteiger partial charge in [0.2, 0.25) is 0 Å². The summed E-state index contributed by atoms with van der Waals surface area (Å²) in [6, 6.07) is 13.8. The number of aliphatic hydroxyl groups excluding tert-OH is 1. The Balaban J connectivity index is 1.71. The van der Waals surface area contributed by atoms with E-state index in [-0.39, 0.29) is 55.7 Å². The Hall–Kier alpha value is -3.25. The molecule has 1 aromatic heterocycles. The van der Waals surface area contributed by atoms with E-state index in [1.165, 1.54) is 18.2 Å². The van der Waals surface area contributed by atoms with Gasteiger partial charge in [-0.2, -0.15) is 0 Å². The monoisotopic (exact) mass is 531 g/mol. The number of ether oxygens (including phenoxy) is 1. The second kappa shape index (κ2) is 10.8. The average molecular weight is 532 g/mol. The zero-order valence-electron chi connectivity index (χ0n) is 19.3. The van der Waals surface area contributed by atoms with E-state index in [1.54, 1.807) is 36.4 Å². The number of halogens is 1. The molecular formula is C24H26ClN5O5S. The predicted octanol–water partition coefficient (Wildman–Crippen LogP) is 2.97. The number of nitrogens with zero attached hydrogens (tertiary/aromatic N) is 2. The van der Waals surface area contributed by atoms with Gasteiger partial charge in [-0.1, -0.05) is 11.6 Å². The molecule has 190 valence electrons. The third kappa shape index (κ3) is 5.29. The highest BCUT2D eigenvalue weighted by molar-refractivity contribution is 7.92. The lowest BCUT2D eigenvalue weighted by atomic mass is 9.94. The Labute approximate surface area is 213 Å². The van der Waals surface area contributed by atoms with Crippen molar-refractivity contribution in [1.29, 1.82) is 0 Å². The first-order valence-corrected chi connectivity index (χ1v) is 13.1. The van der Waals surface area contributed by atoms with Gasteiger partial charge in [-0.25, -0.2) is 23.2 Å². The third-order valence-electron chi connectivity index (χ3n) is 5.95. The highest BCUT2D eigenvalue weighted by atomic mass is 35.5. The highest BCUT2D eigenvalue weighted by Crippen LogP contribution is 2.43. The van der Waals surface area contributed by atoms with Crippen molar-refractivity contribution in [3.05, 3.63) is 65.3 Å². The number of rotatable bonds is 7. The first kappa shape index (κ1) is 25.8. The molecule has 0 saturated carbocycles. The molecule has 36 heavy (non-hydrogen) atoms. The van der Waals surface area contributed by atoms with Gasteiger partial charge in [-0.3, -0.25) is 0 Å². The van der Waals surface area contributed by atoms with E-state index in [0.717, 1.165) is 0 Å². The first-order valence-electron chi connectivity index (χ1n) is 11.2. The Kier molecular flexibility index (Phi) is 7.74. The third-order valence-corrected chi connectivity index (χ3v) is 8.74. The van der Waals surface area contributed by atoms with Crippen molar-refractivity contribution in [3.8, 4) is 11.4 Å². The number of hydrogen-bond acceptors (Lipinski definition) is 8. The number of sulfone groups is 1. The number of aromatic nitrogens is 2. The normalized spacial score (nSPS) is 15.3. The second-order valence-corrected chi connectivity index (χ2v) is 10.9. The van der Waals surface area contributed by atoms with Crippen LogP contribution >= 0.6 is 11.6 Å². The molecule has 0 radical (unpaired) electrons. The van der Waals surface area contributed by atoms with Gasteiger partial charge in [-0.05, 0) is 61.4 Å². The van der Waals surface area contributed by atoms with E-state index in [0.29, 0.717) is 22.0 Å². The van der Waals surface area contributed by atoms with Crippen molar-refractivity contribution < 1.29 is 23.1 Å². The van der Waals surface area contributed by atoms with Gasteiger partial charge >= 0.3 is 6.03 Å². The summed E-state index contributed by atoms with van der Waals surface area (Å²) in [4.78, 5) is 20.9. The molecule has 0 spiro atoms. The van der Waals surface area contributed by atoms with Crippen molar-refractivity contribution in [2.24, 2.45) is 0 Å². The molecular weight excluding hydrogens is 506 g/mol. The van der Waals surface area contributed by atoms with Crippen molar-refractivity contribution in [2.75, 3.05) is 37.4 Å². The van der Waals surface area contributed by atoms with Crippen LogP contribution in [0.25, 0.3) is 11.4 Å². The second-order valence-electron chi connectivity index (χ2n) is 8.25. The molecule has 1 fully saturated rings. The fourth-order valence-corrected chi connectivity index (χ4v) is 6.23. The maximum Gasteiger partial charge on any atom is 0.319 e. The van der Waals surface area contributed by atoms with Gasteiger partial charge in [0.05, 0.1) is 17.2 Å². The van der Waals surface area contributed by atoms with E-state index in [2.05, 4.69) is 20.6 Å². The Morgan fingerprint density at radius 1 is 1.08 bits per heavy atom. The maximum atomic E-state index is 13.9. The fourth-order valence-electron chi connectivity index (χ4n) is 4.08. The molecule has 0 aliphatic carbocycles. The van der Waals surface area contributed by atoms with Crippen molar-refractivity contribution in [3.63, 3.8) is 0 Å². The first-order chi connectivity index (χ1) is 17.2. The molecule has 3 aromatic rings. The zero-order chi connectivity index (χ0) is 25.8. The Morgan fingerprint density at radius 2 is 1.75 bits per heavy atom.